The van der Waals surface area contributed by atoms with Crippen molar-refractivity contribution in [3.05, 3.63) is 65.2 Å². The number of carbonyl (C=O) groups is 1. The molecule has 0 heterocycles. The second-order valence-corrected chi connectivity index (χ2v) is 7.66. The van der Waals surface area contributed by atoms with Crippen molar-refractivity contribution in [3.8, 4) is 5.75 Å². The summed E-state index contributed by atoms with van der Waals surface area (Å²) in [6.07, 6.45) is -3.54. The van der Waals surface area contributed by atoms with Gasteiger partial charge in [0.2, 0.25) is 0 Å². The lowest BCUT2D eigenvalue weighted by molar-refractivity contribution is -0.158. The predicted molar refractivity (Wildman–Crippen MR) is 109 cm³/mol. The van der Waals surface area contributed by atoms with Crippen LogP contribution in [0.4, 0.5) is 13.2 Å². The van der Waals surface area contributed by atoms with Crippen molar-refractivity contribution in [2.45, 2.75) is 45.5 Å². The van der Waals surface area contributed by atoms with Crippen LogP contribution in [0.15, 0.2) is 48.5 Å². The maximum absolute atomic E-state index is 12.6. The van der Waals surface area contributed by atoms with Crippen LogP contribution in [0.1, 0.15) is 37.5 Å². The van der Waals surface area contributed by atoms with Gasteiger partial charge in [-0.05, 0) is 69.6 Å². The number of hydrogen-bond acceptors (Lipinski definition) is 4. The predicted octanol–water partition coefficient (Wildman–Crippen LogP) is 5.10. The lowest BCUT2D eigenvalue weighted by Crippen LogP contribution is -2.39. The summed E-state index contributed by atoms with van der Waals surface area (Å²) in [4.78, 5) is 14.0. The van der Waals surface area contributed by atoms with Crippen molar-refractivity contribution in [1.82, 2.24) is 4.90 Å². The van der Waals surface area contributed by atoms with Crippen molar-refractivity contribution in [1.29, 1.82) is 0 Å². The first kappa shape index (κ1) is 23.7. The molecule has 2 aromatic rings. The largest absolute Gasteiger partial charge is 0.476 e. The first-order chi connectivity index (χ1) is 14.0. The molecule has 0 fully saturated rings. The number of nitrogens with zero attached hydrogens (tertiary/aromatic N) is 1. The Labute approximate surface area is 175 Å². The first-order valence-electron chi connectivity index (χ1n) is 9.81. The summed E-state index contributed by atoms with van der Waals surface area (Å²) in [7, 11) is 1.93. The van der Waals surface area contributed by atoms with E-state index in [9.17, 15) is 18.0 Å². The van der Waals surface area contributed by atoms with Crippen molar-refractivity contribution >= 4 is 5.97 Å². The van der Waals surface area contributed by atoms with Crippen LogP contribution in [0.25, 0.3) is 0 Å². The molecule has 0 aromatic heterocycles. The third-order valence-corrected chi connectivity index (χ3v) is 4.58. The number of carbonyl (C=O) groups excluding carboxylic acids is 1. The maximum atomic E-state index is 12.6. The van der Waals surface area contributed by atoms with Gasteiger partial charge in [0.1, 0.15) is 5.75 Å². The van der Waals surface area contributed by atoms with Crippen molar-refractivity contribution in [3.63, 3.8) is 0 Å². The molecule has 0 saturated heterocycles. The smallest absolute Gasteiger partial charge is 0.416 e. The fourth-order valence-electron chi connectivity index (χ4n) is 2.88. The molecule has 164 valence electrons. The third kappa shape index (κ3) is 7.06. The van der Waals surface area contributed by atoms with E-state index < -0.39 is 23.3 Å². The standard InChI is InChI=1S/C23H28F3NO3/c1-5-29-21(28)22(2,3)30-20-12-8-17(9-13-20)14-15-27(4)16-18-6-10-19(11-7-18)23(24,25)26/h6-13H,5,14-16H2,1-4H3. The van der Waals surface area contributed by atoms with Gasteiger partial charge < -0.3 is 14.4 Å². The highest BCUT2D eigenvalue weighted by Crippen LogP contribution is 2.29. The van der Waals surface area contributed by atoms with E-state index in [0.29, 0.717) is 18.9 Å². The molecule has 2 rings (SSSR count). The zero-order chi connectivity index (χ0) is 22.4. The van der Waals surface area contributed by atoms with E-state index in [1.54, 1.807) is 20.8 Å². The number of benzene rings is 2. The van der Waals surface area contributed by atoms with Crippen LogP contribution in [0.3, 0.4) is 0 Å². The molecule has 30 heavy (non-hydrogen) atoms. The molecule has 0 aliphatic rings. The lowest BCUT2D eigenvalue weighted by atomic mass is 10.1. The summed E-state index contributed by atoms with van der Waals surface area (Å²) < 4.78 is 48.7. The second-order valence-electron chi connectivity index (χ2n) is 7.66. The Morgan fingerprint density at radius 3 is 2.07 bits per heavy atom. The minimum absolute atomic E-state index is 0.296. The Morgan fingerprint density at radius 2 is 1.53 bits per heavy atom. The number of rotatable bonds is 9. The molecule has 0 bridgehead atoms. The van der Waals surface area contributed by atoms with E-state index in [2.05, 4.69) is 4.90 Å². The summed E-state index contributed by atoms with van der Waals surface area (Å²) in [5.74, 6) is 0.161. The lowest BCUT2D eigenvalue weighted by Gasteiger charge is -2.24. The molecule has 0 N–H and O–H groups in total. The van der Waals surface area contributed by atoms with Crippen LogP contribution in [0, 0.1) is 0 Å². The highest BCUT2D eigenvalue weighted by Gasteiger charge is 2.31. The first-order valence-corrected chi connectivity index (χ1v) is 9.81. The van der Waals surface area contributed by atoms with E-state index in [1.807, 2.05) is 31.3 Å². The normalized spacial score (nSPS) is 12.1. The van der Waals surface area contributed by atoms with Gasteiger partial charge in [-0.2, -0.15) is 13.2 Å². The molecule has 4 nitrogen and oxygen atoms in total. The van der Waals surface area contributed by atoms with Gasteiger partial charge in [-0.25, -0.2) is 4.79 Å². The van der Waals surface area contributed by atoms with Crippen LogP contribution in [0.2, 0.25) is 0 Å². The number of alkyl halides is 3. The third-order valence-electron chi connectivity index (χ3n) is 4.58. The van der Waals surface area contributed by atoms with Gasteiger partial charge in [0, 0.05) is 13.1 Å². The number of hydrogen-bond donors (Lipinski definition) is 0. The molecule has 0 aliphatic heterocycles. The minimum atomic E-state index is -4.31. The van der Waals surface area contributed by atoms with Gasteiger partial charge in [-0.1, -0.05) is 24.3 Å². The maximum Gasteiger partial charge on any atom is 0.416 e. The molecule has 0 unspecified atom stereocenters. The number of esters is 1. The summed E-state index contributed by atoms with van der Waals surface area (Å²) >= 11 is 0. The molecule has 0 radical (unpaired) electrons. The summed E-state index contributed by atoms with van der Waals surface area (Å²) in [5.41, 5.74) is 0.215. The summed E-state index contributed by atoms with van der Waals surface area (Å²) in [5, 5.41) is 0. The van der Waals surface area contributed by atoms with Gasteiger partial charge in [0.25, 0.3) is 0 Å². The van der Waals surface area contributed by atoms with Crippen LogP contribution < -0.4 is 4.74 Å². The van der Waals surface area contributed by atoms with Gasteiger partial charge in [-0.3, -0.25) is 0 Å². The van der Waals surface area contributed by atoms with Crippen LogP contribution in [-0.2, 0) is 28.7 Å². The highest BCUT2D eigenvalue weighted by atomic mass is 19.4. The SMILES string of the molecule is CCOC(=O)C(C)(C)Oc1ccc(CCN(C)Cc2ccc(C(F)(F)F)cc2)cc1. The fraction of sp³-hybridized carbons (Fsp3) is 0.435. The summed E-state index contributed by atoms with van der Waals surface area (Å²) in [6, 6.07) is 12.7. The Kier molecular flexibility index (Phi) is 7.89. The van der Waals surface area contributed by atoms with Gasteiger partial charge in [0.15, 0.2) is 5.60 Å². The van der Waals surface area contributed by atoms with E-state index in [1.165, 1.54) is 12.1 Å². The van der Waals surface area contributed by atoms with Gasteiger partial charge in [-0.15, -0.1) is 0 Å². The molecule has 0 amide bonds. The average molecular weight is 423 g/mol. The van der Waals surface area contributed by atoms with Crippen molar-refractivity contribution in [2.75, 3.05) is 20.2 Å². The summed E-state index contributed by atoms with van der Waals surface area (Å²) in [6.45, 7) is 6.68. The average Bonchev–Trinajstić information content (AvgIpc) is 2.67. The van der Waals surface area contributed by atoms with Gasteiger partial charge in [0.05, 0.1) is 12.2 Å². The van der Waals surface area contributed by atoms with Gasteiger partial charge >= 0.3 is 12.1 Å². The van der Waals surface area contributed by atoms with Crippen molar-refractivity contribution < 1.29 is 27.4 Å². The molecule has 2 aromatic carbocycles. The van der Waals surface area contributed by atoms with E-state index in [0.717, 1.165) is 36.2 Å². The molecule has 0 spiro atoms. The van der Waals surface area contributed by atoms with E-state index in [-0.39, 0.29) is 0 Å². The zero-order valence-corrected chi connectivity index (χ0v) is 17.8. The van der Waals surface area contributed by atoms with Crippen LogP contribution in [0.5, 0.6) is 5.75 Å². The zero-order valence-electron chi connectivity index (χ0n) is 17.8. The number of ether oxygens (including phenoxy) is 2. The molecular weight excluding hydrogens is 395 g/mol. The number of likely N-dealkylation sites (N-methyl/N-ethyl adjacent to an activating group) is 1. The monoisotopic (exact) mass is 423 g/mol. The molecule has 0 aliphatic carbocycles. The van der Waals surface area contributed by atoms with E-state index in [4.69, 9.17) is 9.47 Å². The Balaban J connectivity index is 1.85. The molecule has 7 heteroatoms. The Bertz CT molecular complexity index is 815. The van der Waals surface area contributed by atoms with E-state index >= 15 is 0 Å². The highest BCUT2D eigenvalue weighted by molar-refractivity contribution is 5.79. The quantitative estimate of drug-likeness (QED) is 0.526. The molecular formula is C23H28F3NO3. The molecule has 0 saturated carbocycles. The fourth-order valence-corrected chi connectivity index (χ4v) is 2.88. The topological polar surface area (TPSA) is 38.8 Å². The Morgan fingerprint density at radius 1 is 0.967 bits per heavy atom. The number of halogens is 3. The Hall–Kier alpha value is -2.54. The van der Waals surface area contributed by atoms with Crippen LogP contribution in [-0.4, -0.2) is 36.7 Å². The minimum Gasteiger partial charge on any atom is -0.476 e. The van der Waals surface area contributed by atoms with Crippen LogP contribution >= 0.6 is 0 Å². The second kappa shape index (κ2) is 9.98. The van der Waals surface area contributed by atoms with Crippen molar-refractivity contribution in [2.24, 2.45) is 0 Å². The molecule has 0 atom stereocenters.